The molecule has 2 aliphatic heterocycles. The van der Waals surface area contributed by atoms with Crippen LogP contribution in [0, 0.1) is 69.0 Å². The fourth-order valence-electron chi connectivity index (χ4n) is 30.7. The number of rotatable bonds is 36. The number of ketones is 4. The van der Waals surface area contributed by atoms with Gasteiger partial charge in [0.05, 0.1) is 49.2 Å². The maximum Gasteiger partial charge on any atom is 0.139 e. The van der Waals surface area contributed by atoms with E-state index >= 15 is 0 Å². The molecule has 21 rings (SSSR count). The summed E-state index contributed by atoms with van der Waals surface area (Å²) in [5.41, 5.74) is 25.6. The highest BCUT2D eigenvalue weighted by molar-refractivity contribution is 5.90. The van der Waals surface area contributed by atoms with E-state index in [4.69, 9.17) is 28.9 Å². The number of aromatic amines is 2. The summed E-state index contributed by atoms with van der Waals surface area (Å²) in [7, 11) is 0. The number of aryl methyl sites for hydroxylation is 7. The summed E-state index contributed by atoms with van der Waals surface area (Å²) in [4.78, 5) is 72.0. The van der Waals surface area contributed by atoms with Gasteiger partial charge in [0, 0.05) is 86.1 Å². The van der Waals surface area contributed by atoms with Crippen molar-refractivity contribution in [3.8, 4) is 23.0 Å². The maximum absolute atomic E-state index is 13.1. The Balaban J connectivity index is 0.497. The molecule has 0 spiro atoms. The van der Waals surface area contributed by atoms with E-state index in [1.165, 1.54) is 103 Å². The SMILES string of the molecule is C[C@]12CC[C@@H]3c4ccc(OCCCCCCCc5c6nc(c(CCCCCCCOc7ccc8c(c7)CC[C@@H]7[C@@H]8CC[C@]8(C)C(=O)CC[C@@H]78)c7ccc([nH]7)c(CCCCCCCOc7ccc8c(c7)CC[C@@H]7[C@@H]8CC[C@]8(C)C(=O)CC[C@@H]78)c7ccc([nH]7)c(CCCCCCCOc7ccc8c(c7)CC[C@@H]7[C@@H]8CC[C@]8(C)C(=O)CC[C@@H]78)c7nc5C=C7)C=C6)cc4CC[C@H]3[C@@H]1CCC2=O. The van der Waals surface area contributed by atoms with E-state index in [2.05, 4.69) is 159 Å². The van der Waals surface area contributed by atoms with E-state index < -0.39 is 0 Å². The van der Waals surface area contributed by atoms with Crippen LogP contribution in [-0.4, -0.2) is 69.5 Å². The summed E-state index contributed by atoms with van der Waals surface area (Å²) in [5.74, 6) is 13.2. The molecular formula is C120H150N4O8. The fourth-order valence-corrected chi connectivity index (χ4v) is 30.7. The second-order valence-corrected chi connectivity index (χ2v) is 45.2. The number of benzene rings is 4. The molecule has 12 aliphatic carbocycles. The number of hydrogen-bond acceptors (Lipinski definition) is 10. The third-order valence-corrected chi connectivity index (χ3v) is 38.2. The zero-order chi connectivity index (χ0) is 89.7. The monoisotopic (exact) mass is 1780 g/mol. The second kappa shape index (κ2) is 38.9. The van der Waals surface area contributed by atoms with Crippen molar-refractivity contribution in [3.05, 3.63) is 187 Å². The number of aromatic nitrogens is 4. The number of fused-ring (bicyclic) bond motifs is 28. The summed E-state index contributed by atoms with van der Waals surface area (Å²) in [6, 6.07) is 37.3. The maximum atomic E-state index is 13.1. The summed E-state index contributed by atoms with van der Waals surface area (Å²) in [5, 5.41) is 0. The minimum atomic E-state index is -0.0940. The molecule has 0 saturated heterocycles. The summed E-state index contributed by atoms with van der Waals surface area (Å²) in [6.07, 6.45) is 60.3. The number of nitrogens with one attached hydrogen (secondary N) is 2. The Morgan fingerprint density at radius 3 is 0.803 bits per heavy atom. The van der Waals surface area contributed by atoms with Crippen LogP contribution in [0.2, 0.25) is 0 Å². The standard InChI is InChI=1S/C120H150N4O8/c1-117-65-61-89-85-41-33-81(73-77(85)29-37-93(89)101(117)45-57-113(117)125)129-69-21-13-5-9-17-25-97-105-49-51-107(121-105)98(26-18-10-6-14-22-70-130-82-34-42-86-78(74-82)30-38-94-90(86)62-66-118(2)102(94)46-58-114(118)126)109-53-55-111(123-109)100(28-20-12-8-16-24-72-132-84-36-44-88-80(76-84)32-40-96-92(88)64-68-120(4)104(96)48-60-116(120)128)112-56-54-110(124-112)99(108-52-50-106(97)122-108)27-19-11-7-15-23-71-131-83-35-43-87-79(75-83)31-39-95-91(87)63-67-119(3)103(95)47-59-115(119)127/h33-36,41-44,49-56,73-76,89-96,101-104,121-122H,5-32,37-40,45-48,57-72H2,1-4H3/t89-,90-,91-,92-,93-,94-,95-,96-,101+,102+,103+,104+,117+,118+,119+,120+/m1/s1. The second-order valence-electron chi connectivity index (χ2n) is 45.2. The molecule has 8 fully saturated rings. The van der Waals surface area contributed by atoms with Gasteiger partial charge >= 0.3 is 0 Å². The molecular weight excluding hydrogens is 1630 g/mol. The molecule has 4 aromatic carbocycles. The predicted octanol–water partition coefficient (Wildman–Crippen LogP) is 28.6. The Kier molecular flexibility index (Phi) is 26.5. The fraction of sp³-hybridized carbons (Fsp3) is 0.600. The van der Waals surface area contributed by atoms with E-state index in [0.29, 0.717) is 94.1 Å². The van der Waals surface area contributed by atoms with Gasteiger partial charge in [-0.15, -0.1) is 0 Å². The van der Waals surface area contributed by atoms with Crippen molar-refractivity contribution < 1.29 is 38.1 Å². The molecule has 12 nitrogen and oxygen atoms in total. The Morgan fingerprint density at radius 2 is 0.515 bits per heavy atom. The Bertz CT molecular complexity index is 5480. The highest BCUT2D eigenvalue weighted by Gasteiger charge is 2.59. The average Bonchev–Trinajstić information content (AvgIpc) is 1.61. The van der Waals surface area contributed by atoms with Gasteiger partial charge in [-0.1, -0.05) is 129 Å². The average molecular weight is 1780 g/mol. The smallest absolute Gasteiger partial charge is 0.139 e. The molecule has 14 aliphatic rings. The first kappa shape index (κ1) is 89.9. The number of Topliss-reactive ketones (excluding diaryl/α,β-unsaturated/α-hetero) is 4. The first-order valence-corrected chi connectivity index (χ1v) is 53.8. The van der Waals surface area contributed by atoms with Gasteiger partial charge in [-0.25, -0.2) is 9.97 Å². The minimum Gasteiger partial charge on any atom is -0.494 e. The van der Waals surface area contributed by atoms with Gasteiger partial charge in [0.25, 0.3) is 0 Å². The lowest BCUT2D eigenvalue weighted by Crippen LogP contribution is -2.42. The highest BCUT2D eigenvalue weighted by atomic mass is 16.5. The van der Waals surface area contributed by atoms with Crippen molar-refractivity contribution in [3.63, 3.8) is 0 Å². The van der Waals surface area contributed by atoms with E-state index in [9.17, 15) is 19.2 Å². The molecule has 0 radical (unpaired) electrons. The summed E-state index contributed by atoms with van der Waals surface area (Å²) in [6.45, 7) is 12.1. The van der Waals surface area contributed by atoms with E-state index in [0.717, 1.165) is 366 Å². The molecule has 16 atom stereocenters. The number of hydrogen-bond donors (Lipinski definition) is 2. The van der Waals surface area contributed by atoms with Gasteiger partial charge in [0.2, 0.25) is 0 Å². The molecule has 8 saturated carbocycles. The number of ether oxygens (including phenoxy) is 4. The van der Waals surface area contributed by atoms with Crippen LogP contribution < -0.4 is 18.9 Å². The first-order chi connectivity index (χ1) is 64.5. The first-order valence-electron chi connectivity index (χ1n) is 53.8. The molecule has 698 valence electrons. The van der Waals surface area contributed by atoms with Crippen molar-refractivity contribution >= 4 is 69.5 Å². The number of carbonyl (C=O) groups is 4. The van der Waals surface area contributed by atoms with Crippen LogP contribution in [-0.2, 0) is 70.5 Å². The van der Waals surface area contributed by atoms with Crippen LogP contribution in [0.25, 0.3) is 46.4 Å². The van der Waals surface area contributed by atoms with Crippen LogP contribution in [0.3, 0.4) is 0 Å². The quantitative estimate of drug-likeness (QED) is 0.0362. The number of H-pyrrole nitrogens is 2. The molecule has 0 amide bonds. The Hall–Kier alpha value is -8.64. The number of unbranched alkanes of at least 4 members (excludes halogenated alkanes) is 16. The molecule has 5 heterocycles. The van der Waals surface area contributed by atoms with Crippen LogP contribution >= 0.6 is 0 Å². The Labute approximate surface area is 787 Å². The lowest BCUT2D eigenvalue weighted by Gasteiger charge is -2.48. The van der Waals surface area contributed by atoms with Gasteiger partial charge in [-0.2, -0.15) is 0 Å². The predicted molar refractivity (Wildman–Crippen MR) is 532 cm³/mol. The van der Waals surface area contributed by atoms with Gasteiger partial charge in [0.1, 0.15) is 46.1 Å². The van der Waals surface area contributed by atoms with Crippen molar-refractivity contribution in [2.75, 3.05) is 26.4 Å². The lowest BCUT2D eigenvalue weighted by atomic mass is 9.55. The third-order valence-electron chi connectivity index (χ3n) is 38.2. The lowest BCUT2D eigenvalue weighted by molar-refractivity contribution is -0.130. The van der Waals surface area contributed by atoms with Crippen LogP contribution in [0.15, 0.2) is 97.1 Å². The third kappa shape index (κ3) is 17.7. The van der Waals surface area contributed by atoms with Crippen molar-refractivity contribution in [2.24, 2.45) is 69.0 Å². The van der Waals surface area contributed by atoms with Crippen LogP contribution in [0.4, 0.5) is 0 Å². The normalized spacial score (nSPS) is 29.0. The Morgan fingerprint density at radius 1 is 0.273 bits per heavy atom. The number of nitrogens with zero attached hydrogens (tertiary/aromatic N) is 2. The van der Waals surface area contributed by atoms with Gasteiger partial charge in [0.15, 0.2) is 0 Å². The van der Waals surface area contributed by atoms with Crippen LogP contribution in [0.5, 0.6) is 23.0 Å². The molecule has 7 aromatic rings. The van der Waals surface area contributed by atoms with Crippen LogP contribution in [0.1, 0.15) is 398 Å². The molecule has 2 N–H and O–H groups in total. The summed E-state index contributed by atoms with van der Waals surface area (Å²) < 4.78 is 26.2. The van der Waals surface area contributed by atoms with Crippen molar-refractivity contribution in [1.29, 1.82) is 0 Å². The van der Waals surface area contributed by atoms with Crippen molar-refractivity contribution in [2.45, 2.75) is 360 Å². The zero-order valence-corrected chi connectivity index (χ0v) is 80.4. The van der Waals surface area contributed by atoms with E-state index in [-0.39, 0.29) is 21.7 Å². The molecule has 132 heavy (non-hydrogen) atoms. The van der Waals surface area contributed by atoms with E-state index in [1.54, 1.807) is 0 Å². The summed E-state index contributed by atoms with van der Waals surface area (Å²) >= 11 is 0. The van der Waals surface area contributed by atoms with Gasteiger partial charge < -0.3 is 28.9 Å². The van der Waals surface area contributed by atoms with Crippen molar-refractivity contribution in [1.82, 2.24) is 19.9 Å². The van der Waals surface area contributed by atoms with Gasteiger partial charge in [-0.3, -0.25) is 19.2 Å². The topological polar surface area (TPSA) is 163 Å². The minimum absolute atomic E-state index is 0.0931. The number of carbonyl (C=O) groups excluding carboxylic acids is 4. The molecule has 8 bridgehead atoms. The zero-order valence-electron chi connectivity index (χ0n) is 80.4. The molecule has 3 aromatic heterocycles. The van der Waals surface area contributed by atoms with Gasteiger partial charge in [-0.05, 0) is 424 Å². The largest absolute Gasteiger partial charge is 0.494 e. The molecule has 12 heteroatoms. The highest BCUT2D eigenvalue weighted by Crippen LogP contribution is 2.65. The van der Waals surface area contributed by atoms with E-state index in [1.807, 2.05) is 0 Å². The molecule has 0 unspecified atom stereocenters.